The standard InChI is InChI=1S/C20H20N4O3S/c1-11(25)13-5-7-14(8-6-13)23-17(26)12(2)28-19-16(10-22)20(3,4)15(9-21)18(27)24-19/h5-8,12,15H,1-4H3,(H,23,26)(H,24,27)/t12-,15+/m1/s1. The van der Waals surface area contributed by atoms with Crippen LogP contribution in [0.3, 0.4) is 0 Å². The van der Waals surface area contributed by atoms with Crippen LogP contribution in [-0.2, 0) is 9.59 Å². The fraction of sp³-hybridized carbons (Fsp3) is 0.350. The van der Waals surface area contributed by atoms with Gasteiger partial charge in [-0.15, -0.1) is 0 Å². The van der Waals surface area contributed by atoms with E-state index in [2.05, 4.69) is 16.7 Å². The van der Waals surface area contributed by atoms with Gasteiger partial charge >= 0.3 is 0 Å². The third-order valence-electron chi connectivity index (χ3n) is 4.56. The Morgan fingerprint density at radius 2 is 1.86 bits per heavy atom. The number of benzene rings is 1. The van der Waals surface area contributed by atoms with Gasteiger partial charge in [-0.3, -0.25) is 14.4 Å². The molecule has 1 heterocycles. The second kappa shape index (κ2) is 8.28. The SMILES string of the molecule is CC(=O)c1ccc(NC(=O)[C@@H](C)SC2=C(C#N)C(C)(C)[C@@H](C#N)C(=O)N2)cc1. The van der Waals surface area contributed by atoms with Crippen LogP contribution in [0.15, 0.2) is 34.9 Å². The molecule has 2 amide bonds. The van der Waals surface area contributed by atoms with Gasteiger partial charge < -0.3 is 10.6 Å². The molecule has 0 fully saturated rings. The molecule has 0 aromatic heterocycles. The van der Waals surface area contributed by atoms with Crippen LogP contribution in [0, 0.1) is 34.0 Å². The minimum Gasteiger partial charge on any atom is -0.325 e. The molecule has 0 bridgehead atoms. The van der Waals surface area contributed by atoms with E-state index in [0.717, 1.165) is 11.8 Å². The topological polar surface area (TPSA) is 123 Å². The first kappa shape index (κ1) is 21.2. The second-order valence-corrected chi connectivity index (χ2v) is 8.32. The molecule has 0 saturated heterocycles. The first-order chi connectivity index (χ1) is 13.1. The molecule has 7 nitrogen and oxygen atoms in total. The van der Waals surface area contributed by atoms with E-state index in [1.807, 2.05) is 6.07 Å². The predicted octanol–water partition coefficient (Wildman–Crippen LogP) is 2.98. The van der Waals surface area contributed by atoms with Gasteiger partial charge in [-0.2, -0.15) is 10.5 Å². The van der Waals surface area contributed by atoms with Crippen molar-refractivity contribution in [2.45, 2.75) is 32.9 Å². The molecule has 2 rings (SSSR count). The number of allylic oxidation sites excluding steroid dienone is 1. The molecule has 1 aromatic rings. The van der Waals surface area contributed by atoms with Gasteiger partial charge in [0.2, 0.25) is 11.8 Å². The summed E-state index contributed by atoms with van der Waals surface area (Å²) < 4.78 is 0. The van der Waals surface area contributed by atoms with E-state index in [1.165, 1.54) is 6.92 Å². The summed E-state index contributed by atoms with van der Waals surface area (Å²) in [6.07, 6.45) is 0. The van der Waals surface area contributed by atoms with Crippen molar-refractivity contribution in [2.24, 2.45) is 11.3 Å². The van der Waals surface area contributed by atoms with Crippen LogP contribution in [0.25, 0.3) is 0 Å². The van der Waals surface area contributed by atoms with E-state index < -0.39 is 22.5 Å². The van der Waals surface area contributed by atoms with Gasteiger partial charge in [-0.25, -0.2) is 0 Å². The van der Waals surface area contributed by atoms with Crippen molar-refractivity contribution in [1.82, 2.24) is 5.32 Å². The van der Waals surface area contributed by atoms with Crippen LogP contribution in [-0.4, -0.2) is 22.8 Å². The lowest BCUT2D eigenvalue weighted by Crippen LogP contribution is -2.45. The largest absolute Gasteiger partial charge is 0.325 e. The van der Waals surface area contributed by atoms with E-state index in [-0.39, 0.29) is 17.3 Å². The zero-order chi connectivity index (χ0) is 21.1. The van der Waals surface area contributed by atoms with Crippen molar-refractivity contribution in [3.8, 4) is 12.1 Å². The Hall–Kier alpha value is -3.10. The van der Waals surface area contributed by atoms with Gasteiger partial charge in [0.15, 0.2) is 5.78 Å². The molecule has 0 unspecified atom stereocenters. The summed E-state index contributed by atoms with van der Waals surface area (Å²) in [5.41, 5.74) is 0.402. The first-order valence-electron chi connectivity index (χ1n) is 8.55. The Kier molecular flexibility index (Phi) is 6.27. The fourth-order valence-electron chi connectivity index (χ4n) is 2.78. The van der Waals surface area contributed by atoms with Crippen LogP contribution in [0.1, 0.15) is 38.1 Å². The van der Waals surface area contributed by atoms with Crippen molar-refractivity contribution in [3.05, 3.63) is 40.4 Å². The van der Waals surface area contributed by atoms with E-state index >= 15 is 0 Å². The lowest BCUT2D eigenvalue weighted by Gasteiger charge is -2.35. The maximum Gasteiger partial charge on any atom is 0.243 e. The number of nitriles is 2. The van der Waals surface area contributed by atoms with E-state index in [4.69, 9.17) is 0 Å². The van der Waals surface area contributed by atoms with Gasteiger partial charge in [0.25, 0.3) is 0 Å². The maximum atomic E-state index is 12.5. The molecule has 144 valence electrons. The summed E-state index contributed by atoms with van der Waals surface area (Å²) >= 11 is 1.06. The van der Waals surface area contributed by atoms with Crippen molar-refractivity contribution in [1.29, 1.82) is 10.5 Å². The number of rotatable bonds is 5. The number of amides is 2. The Morgan fingerprint density at radius 3 is 2.36 bits per heavy atom. The lowest BCUT2D eigenvalue weighted by atomic mass is 9.72. The average Bonchev–Trinajstić information content (AvgIpc) is 2.61. The Morgan fingerprint density at radius 1 is 1.25 bits per heavy atom. The highest BCUT2D eigenvalue weighted by atomic mass is 32.2. The number of nitrogens with zero attached hydrogens (tertiary/aromatic N) is 2. The molecule has 0 spiro atoms. The zero-order valence-electron chi connectivity index (χ0n) is 16.0. The molecule has 1 aliphatic heterocycles. The summed E-state index contributed by atoms with van der Waals surface area (Å²) in [4.78, 5) is 36.0. The van der Waals surface area contributed by atoms with Gasteiger partial charge in [0, 0.05) is 16.7 Å². The van der Waals surface area contributed by atoms with E-state index in [9.17, 15) is 24.9 Å². The maximum absolute atomic E-state index is 12.5. The molecule has 2 atom stereocenters. The van der Waals surface area contributed by atoms with E-state index in [1.54, 1.807) is 45.0 Å². The molecule has 28 heavy (non-hydrogen) atoms. The normalized spacial score (nSPS) is 19.1. The smallest absolute Gasteiger partial charge is 0.243 e. The number of hydrogen-bond acceptors (Lipinski definition) is 6. The number of carbonyl (C=O) groups excluding carboxylic acids is 3. The summed E-state index contributed by atoms with van der Waals surface area (Å²) in [7, 11) is 0. The van der Waals surface area contributed by atoms with Gasteiger partial charge in [0.05, 0.1) is 28.0 Å². The number of nitrogens with one attached hydrogen (secondary N) is 2. The molecule has 1 aromatic carbocycles. The van der Waals surface area contributed by atoms with Crippen LogP contribution in [0.4, 0.5) is 5.69 Å². The average molecular weight is 396 g/mol. The van der Waals surface area contributed by atoms with Gasteiger partial charge in [0.1, 0.15) is 5.92 Å². The van der Waals surface area contributed by atoms with E-state index in [0.29, 0.717) is 16.3 Å². The summed E-state index contributed by atoms with van der Waals surface area (Å²) in [6, 6.07) is 10.5. The van der Waals surface area contributed by atoms with Crippen molar-refractivity contribution in [3.63, 3.8) is 0 Å². The first-order valence-corrected chi connectivity index (χ1v) is 9.43. The number of carbonyl (C=O) groups is 3. The Bertz CT molecular complexity index is 936. The molecule has 2 N–H and O–H groups in total. The second-order valence-electron chi connectivity index (χ2n) is 6.97. The molecule has 0 aliphatic carbocycles. The summed E-state index contributed by atoms with van der Waals surface area (Å²) in [5.74, 6) is -1.85. The number of anilines is 1. The number of thioether (sulfide) groups is 1. The molecule has 0 saturated carbocycles. The molecule has 0 radical (unpaired) electrons. The quantitative estimate of drug-likeness (QED) is 0.738. The van der Waals surface area contributed by atoms with Gasteiger partial charge in [-0.05, 0) is 38.1 Å². The van der Waals surface area contributed by atoms with Crippen LogP contribution < -0.4 is 10.6 Å². The predicted molar refractivity (Wildman–Crippen MR) is 106 cm³/mol. The summed E-state index contributed by atoms with van der Waals surface area (Å²) in [5, 5.41) is 23.8. The highest BCUT2D eigenvalue weighted by molar-refractivity contribution is 8.04. The third kappa shape index (κ3) is 4.24. The molecular weight excluding hydrogens is 376 g/mol. The highest BCUT2D eigenvalue weighted by Crippen LogP contribution is 2.42. The molecular formula is C20H20N4O3S. The molecule has 8 heteroatoms. The highest BCUT2D eigenvalue weighted by Gasteiger charge is 2.45. The number of Topliss-reactive ketones (excluding diaryl/α,β-unsaturated/α-hetero) is 1. The third-order valence-corrected chi connectivity index (χ3v) is 5.67. The minimum atomic E-state index is -0.976. The lowest BCUT2D eigenvalue weighted by molar-refractivity contribution is -0.125. The summed E-state index contributed by atoms with van der Waals surface area (Å²) in [6.45, 7) is 6.45. The van der Waals surface area contributed by atoms with Gasteiger partial charge in [-0.1, -0.05) is 25.6 Å². The Labute approximate surface area is 167 Å². The number of hydrogen-bond donors (Lipinski definition) is 2. The van der Waals surface area contributed by atoms with Crippen LogP contribution >= 0.6 is 11.8 Å². The zero-order valence-corrected chi connectivity index (χ0v) is 16.8. The Balaban J connectivity index is 2.17. The fourth-order valence-corrected chi connectivity index (χ4v) is 3.88. The van der Waals surface area contributed by atoms with Crippen molar-refractivity contribution >= 4 is 35.0 Å². The number of ketones is 1. The monoisotopic (exact) mass is 396 g/mol. The molecule has 1 aliphatic rings. The van der Waals surface area contributed by atoms with Crippen molar-refractivity contribution < 1.29 is 14.4 Å². The van der Waals surface area contributed by atoms with Crippen LogP contribution in [0.5, 0.6) is 0 Å². The minimum absolute atomic E-state index is 0.0656. The van der Waals surface area contributed by atoms with Crippen LogP contribution in [0.2, 0.25) is 0 Å². The van der Waals surface area contributed by atoms with Crippen molar-refractivity contribution in [2.75, 3.05) is 5.32 Å².